The number of hydrogen-bond donors (Lipinski definition) is 1. The number of rotatable bonds is 5. The van der Waals surface area contributed by atoms with E-state index >= 15 is 0 Å². The molecule has 4 nitrogen and oxygen atoms in total. The van der Waals surface area contributed by atoms with Gasteiger partial charge in [-0.25, -0.2) is 9.37 Å². The van der Waals surface area contributed by atoms with Crippen LogP contribution in [0.5, 0.6) is 5.75 Å². The maximum absolute atomic E-state index is 14.0. The zero-order valence-electron chi connectivity index (χ0n) is 15.6. The van der Waals surface area contributed by atoms with Crippen molar-refractivity contribution in [3.63, 3.8) is 0 Å². The second-order valence-corrected chi connectivity index (χ2v) is 7.28. The Morgan fingerprint density at radius 3 is 2.66 bits per heavy atom. The van der Waals surface area contributed by atoms with Crippen molar-refractivity contribution in [3.8, 4) is 17.1 Å². The molecule has 0 spiro atoms. The van der Waals surface area contributed by atoms with Crippen LogP contribution in [0.3, 0.4) is 0 Å². The molecule has 0 bridgehead atoms. The molecule has 0 radical (unpaired) electrons. The zero-order valence-corrected chi connectivity index (χ0v) is 18.0. The van der Waals surface area contributed by atoms with Crippen LogP contribution >= 0.6 is 36.4 Å². The van der Waals surface area contributed by atoms with E-state index in [4.69, 9.17) is 22.1 Å². The third-order valence-electron chi connectivity index (χ3n) is 5.07. The van der Waals surface area contributed by atoms with E-state index in [9.17, 15) is 4.39 Å². The minimum absolute atomic E-state index is 0. The quantitative estimate of drug-likeness (QED) is 0.524. The molecule has 1 fully saturated rings. The molecule has 4 rings (SSSR count). The molecule has 1 heterocycles. The Hall–Kier alpha value is -1.79. The van der Waals surface area contributed by atoms with Gasteiger partial charge in [-0.2, -0.15) is 0 Å². The second-order valence-electron chi connectivity index (χ2n) is 6.87. The summed E-state index contributed by atoms with van der Waals surface area (Å²) in [5, 5.41) is 0.355. The fourth-order valence-corrected chi connectivity index (χ4v) is 3.88. The second kappa shape index (κ2) is 10.3. The van der Waals surface area contributed by atoms with Crippen LogP contribution < -0.4 is 10.5 Å². The van der Waals surface area contributed by atoms with Crippen LogP contribution in [0.4, 0.5) is 4.39 Å². The van der Waals surface area contributed by atoms with Gasteiger partial charge in [0.1, 0.15) is 24.0 Å². The number of para-hydroxylation sites is 1. The van der Waals surface area contributed by atoms with Crippen molar-refractivity contribution in [3.05, 3.63) is 71.3 Å². The van der Waals surface area contributed by atoms with E-state index in [1.807, 2.05) is 30.5 Å². The van der Waals surface area contributed by atoms with Gasteiger partial charge in [0.2, 0.25) is 0 Å². The predicted molar refractivity (Wildman–Crippen MR) is 119 cm³/mol. The third kappa shape index (κ3) is 5.04. The van der Waals surface area contributed by atoms with E-state index in [2.05, 4.69) is 9.55 Å². The third-order valence-corrected chi connectivity index (χ3v) is 5.42. The summed E-state index contributed by atoms with van der Waals surface area (Å²) < 4.78 is 22.2. The maximum atomic E-state index is 14.0. The summed E-state index contributed by atoms with van der Waals surface area (Å²) in [5.41, 5.74) is 7.30. The Kier molecular flexibility index (Phi) is 8.34. The van der Waals surface area contributed by atoms with E-state index in [1.54, 1.807) is 18.3 Å². The molecule has 156 valence electrons. The van der Waals surface area contributed by atoms with Gasteiger partial charge in [-0.3, -0.25) is 0 Å². The number of aromatic nitrogens is 2. The first-order valence-electron chi connectivity index (χ1n) is 9.07. The molecule has 0 amide bonds. The molecule has 3 aromatic rings. The van der Waals surface area contributed by atoms with Crippen molar-refractivity contribution in [2.24, 2.45) is 5.73 Å². The smallest absolute Gasteiger partial charge is 0.143 e. The van der Waals surface area contributed by atoms with E-state index in [1.165, 1.54) is 6.07 Å². The fourth-order valence-electron chi connectivity index (χ4n) is 3.66. The summed E-state index contributed by atoms with van der Waals surface area (Å²) in [4.78, 5) is 4.55. The standard InChI is InChI=1S/C21H21ClFN3O.2ClH/c22-18-5-3-6-19(23)17(18)13-27-20-7-2-1-4-16(20)21-25-10-11-26(21)15-9-8-14(24)12-15;;/h1-7,10-11,14-15H,8-9,12-13,24H2;2*1H/t14-,15+;;/m0../s1. The number of nitrogens with zero attached hydrogens (tertiary/aromatic N) is 2. The zero-order chi connectivity index (χ0) is 18.8. The molecule has 2 aromatic carbocycles. The molecule has 1 aliphatic rings. The normalized spacial score (nSPS) is 18.0. The Morgan fingerprint density at radius 1 is 1.14 bits per heavy atom. The average molecular weight is 459 g/mol. The van der Waals surface area contributed by atoms with Crippen molar-refractivity contribution in [1.82, 2.24) is 9.55 Å². The SMILES string of the molecule is Cl.Cl.N[C@H]1CC[C@@H](n2ccnc2-c2ccccc2OCc2c(F)cccc2Cl)C1. The van der Waals surface area contributed by atoms with Gasteiger partial charge in [0.05, 0.1) is 10.6 Å². The maximum Gasteiger partial charge on any atom is 0.143 e. The highest BCUT2D eigenvalue weighted by Crippen LogP contribution is 2.36. The topological polar surface area (TPSA) is 53.1 Å². The minimum Gasteiger partial charge on any atom is -0.488 e. The molecule has 0 unspecified atom stereocenters. The summed E-state index contributed by atoms with van der Waals surface area (Å²) >= 11 is 6.11. The van der Waals surface area contributed by atoms with Crippen LogP contribution in [0.15, 0.2) is 54.9 Å². The summed E-state index contributed by atoms with van der Waals surface area (Å²) in [7, 11) is 0. The van der Waals surface area contributed by atoms with Crippen LogP contribution in [-0.4, -0.2) is 15.6 Å². The van der Waals surface area contributed by atoms with Gasteiger partial charge in [0, 0.05) is 30.0 Å². The molecule has 29 heavy (non-hydrogen) atoms. The van der Waals surface area contributed by atoms with E-state index < -0.39 is 0 Å². The molecule has 8 heteroatoms. The summed E-state index contributed by atoms with van der Waals surface area (Å²) in [6.07, 6.45) is 6.79. The van der Waals surface area contributed by atoms with Crippen molar-refractivity contribution < 1.29 is 9.13 Å². The van der Waals surface area contributed by atoms with E-state index in [0.29, 0.717) is 22.4 Å². The van der Waals surface area contributed by atoms with Crippen molar-refractivity contribution in [2.75, 3.05) is 0 Å². The number of hydrogen-bond acceptors (Lipinski definition) is 3. The van der Waals surface area contributed by atoms with Crippen LogP contribution in [0.25, 0.3) is 11.4 Å². The van der Waals surface area contributed by atoms with Gasteiger partial charge in [-0.15, -0.1) is 24.8 Å². The van der Waals surface area contributed by atoms with Crippen LogP contribution in [-0.2, 0) is 6.61 Å². The number of imidazole rings is 1. The van der Waals surface area contributed by atoms with Crippen molar-refractivity contribution in [1.29, 1.82) is 0 Å². The van der Waals surface area contributed by atoms with E-state index in [0.717, 1.165) is 30.7 Å². The first kappa shape index (κ1) is 23.5. The van der Waals surface area contributed by atoms with Gasteiger partial charge in [0.15, 0.2) is 0 Å². The van der Waals surface area contributed by atoms with Gasteiger partial charge in [-0.1, -0.05) is 29.8 Å². The summed E-state index contributed by atoms with van der Waals surface area (Å²) in [6, 6.07) is 12.9. The molecule has 1 saturated carbocycles. The van der Waals surface area contributed by atoms with Gasteiger partial charge < -0.3 is 15.0 Å². The Morgan fingerprint density at radius 2 is 1.93 bits per heavy atom. The molecule has 2 N–H and O–H groups in total. The lowest BCUT2D eigenvalue weighted by atomic mass is 10.1. The largest absolute Gasteiger partial charge is 0.488 e. The molecule has 1 aromatic heterocycles. The predicted octanol–water partition coefficient (Wildman–Crippen LogP) is 5.82. The highest BCUT2D eigenvalue weighted by atomic mass is 35.5. The lowest BCUT2D eigenvalue weighted by molar-refractivity contribution is 0.301. The Labute approximate surface area is 187 Å². The molecular weight excluding hydrogens is 436 g/mol. The monoisotopic (exact) mass is 457 g/mol. The first-order chi connectivity index (χ1) is 13.1. The van der Waals surface area contributed by atoms with Gasteiger partial charge in [-0.05, 0) is 43.5 Å². The number of nitrogens with two attached hydrogens (primary N) is 1. The van der Waals surface area contributed by atoms with Crippen LogP contribution in [0, 0.1) is 5.82 Å². The van der Waals surface area contributed by atoms with Gasteiger partial charge in [0.25, 0.3) is 0 Å². The lowest BCUT2D eigenvalue weighted by Crippen LogP contribution is -2.16. The molecule has 1 aliphatic carbocycles. The van der Waals surface area contributed by atoms with Crippen molar-refractivity contribution in [2.45, 2.75) is 38.0 Å². The lowest BCUT2D eigenvalue weighted by Gasteiger charge is -2.17. The molecule has 2 atom stereocenters. The Bertz CT molecular complexity index is 930. The average Bonchev–Trinajstić information content (AvgIpc) is 3.30. The number of ether oxygens (including phenoxy) is 1. The highest BCUT2D eigenvalue weighted by Gasteiger charge is 2.25. The molecule has 0 aliphatic heterocycles. The Balaban J connectivity index is 0.00000150. The summed E-state index contributed by atoms with van der Waals surface area (Å²) in [6.45, 7) is 0.0531. The minimum atomic E-state index is -0.374. The van der Waals surface area contributed by atoms with Crippen LogP contribution in [0.2, 0.25) is 5.02 Å². The highest BCUT2D eigenvalue weighted by molar-refractivity contribution is 6.31. The molecular formula is C21H23Cl3FN3O. The van der Waals surface area contributed by atoms with E-state index in [-0.39, 0.29) is 43.3 Å². The number of halogens is 4. The van der Waals surface area contributed by atoms with Crippen molar-refractivity contribution >= 4 is 36.4 Å². The molecule has 0 saturated heterocycles. The first-order valence-corrected chi connectivity index (χ1v) is 9.45. The summed E-state index contributed by atoms with van der Waals surface area (Å²) in [5.74, 6) is 1.11. The van der Waals surface area contributed by atoms with Crippen LogP contribution in [0.1, 0.15) is 30.9 Å². The fraction of sp³-hybridized carbons (Fsp3) is 0.286. The van der Waals surface area contributed by atoms with Gasteiger partial charge >= 0.3 is 0 Å². The number of benzene rings is 2.